The molecular weight excluding hydrogens is 372 g/mol. The molecule has 2 aliphatic rings. The van der Waals surface area contributed by atoms with Gasteiger partial charge in [0, 0.05) is 0 Å². The van der Waals surface area contributed by atoms with E-state index >= 15 is 0 Å². The van der Waals surface area contributed by atoms with E-state index in [0.29, 0.717) is 19.4 Å². The van der Waals surface area contributed by atoms with Crippen LogP contribution in [0.5, 0.6) is 0 Å². The fourth-order valence-corrected chi connectivity index (χ4v) is 3.66. The summed E-state index contributed by atoms with van der Waals surface area (Å²) in [6.07, 6.45) is 2.34. The first kappa shape index (κ1) is 20.6. The molecule has 2 aliphatic heterocycles. The summed E-state index contributed by atoms with van der Waals surface area (Å²) >= 11 is 0. The fraction of sp³-hybridized carbons (Fsp3) is 0.409. The van der Waals surface area contributed by atoms with Gasteiger partial charge in [-0.15, -0.1) is 0 Å². The van der Waals surface area contributed by atoms with Crippen molar-refractivity contribution in [3.05, 3.63) is 58.8 Å². The molecule has 0 unspecified atom stereocenters. The Morgan fingerprint density at radius 3 is 2.52 bits per heavy atom. The van der Waals surface area contributed by atoms with Gasteiger partial charge >= 0.3 is 11.9 Å². The molecular formula is C22H24N2O5. The Kier molecular flexibility index (Phi) is 6.68. The molecule has 0 amide bonds. The summed E-state index contributed by atoms with van der Waals surface area (Å²) in [5.41, 5.74) is 1.04. The van der Waals surface area contributed by atoms with E-state index in [1.165, 1.54) is 0 Å². The standard InChI is InChI=1S/C22H24N2O5/c1-3-27-21(25)16-11-8-12-19-24(17(13-23)20(16)22(26)28-4-2)18(14-29-19)15-9-6-5-7-10-15/h5-7,9-11,18-19H,3-4,8,12,14H2,1-2H3/b16-11+,20-17+/t18-,19-/m0/s1. The number of hydrogen-bond acceptors (Lipinski definition) is 7. The highest BCUT2D eigenvalue weighted by Crippen LogP contribution is 2.39. The highest BCUT2D eigenvalue weighted by molar-refractivity contribution is 6.08. The topological polar surface area (TPSA) is 88.9 Å². The summed E-state index contributed by atoms with van der Waals surface area (Å²) in [5.74, 6) is -1.36. The molecule has 0 bridgehead atoms. The van der Waals surface area contributed by atoms with Gasteiger partial charge in [0.15, 0.2) is 0 Å². The van der Waals surface area contributed by atoms with E-state index in [0.717, 1.165) is 5.56 Å². The first-order valence-corrected chi connectivity index (χ1v) is 9.76. The molecule has 0 spiro atoms. The Bertz CT molecular complexity index is 869. The number of carbonyl (C=O) groups is 2. The van der Waals surface area contributed by atoms with Crippen molar-refractivity contribution in [2.24, 2.45) is 0 Å². The normalized spacial score (nSPS) is 25.7. The number of benzene rings is 1. The van der Waals surface area contributed by atoms with Gasteiger partial charge in [-0.3, -0.25) is 0 Å². The van der Waals surface area contributed by atoms with E-state index in [-0.39, 0.29) is 42.3 Å². The lowest BCUT2D eigenvalue weighted by atomic mass is 9.96. The van der Waals surface area contributed by atoms with Gasteiger partial charge in [-0.25, -0.2) is 9.59 Å². The quantitative estimate of drug-likeness (QED) is 0.707. The van der Waals surface area contributed by atoms with Crippen molar-refractivity contribution in [1.29, 1.82) is 5.26 Å². The smallest absolute Gasteiger partial charge is 0.341 e. The van der Waals surface area contributed by atoms with Crippen molar-refractivity contribution in [3.8, 4) is 6.07 Å². The van der Waals surface area contributed by atoms with Crippen LogP contribution in [0.15, 0.2) is 53.3 Å². The monoisotopic (exact) mass is 396 g/mol. The molecule has 0 saturated carbocycles. The maximum atomic E-state index is 12.8. The average Bonchev–Trinajstić information content (AvgIpc) is 3.12. The molecule has 7 heteroatoms. The fourth-order valence-electron chi connectivity index (χ4n) is 3.66. The van der Waals surface area contributed by atoms with Crippen molar-refractivity contribution >= 4 is 11.9 Å². The zero-order valence-electron chi connectivity index (χ0n) is 16.6. The highest BCUT2D eigenvalue weighted by Gasteiger charge is 2.41. The number of ether oxygens (including phenoxy) is 3. The maximum absolute atomic E-state index is 12.8. The summed E-state index contributed by atoms with van der Waals surface area (Å²) in [5, 5.41) is 10.0. The van der Waals surface area contributed by atoms with Crippen LogP contribution >= 0.6 is 0 Å². The van der Waals surface area contributed by atoms with Crippen LogP contribution in [0.4, 0.5) is 0 Å². The molecule has 29 heavy (non-hydrogen) atoms. The first-order valence-electron chi connectivity index (χ1n) is 9.76. The van der Waals surface area contributed by atoms with E-state index in [2.05, 4.69) is 6.07 Å². The van der Waals surface area contributed by atoms with Gasteiger partial charge in [0.1, 0.15) is 23.6 Å². The van der Waals surface area contributed by atoms with Crippen molar-refractivity contribution in [2.45, 2.75) is 39.0 Å². The number of nitrogens with zero attached hydrogens (tertiary/aromatic N) is 2. The van der Waals surface area contributed by atoms with Crippen molar-refractivity contribution in [1.82, 2.24) is 4.90 Å². The number of fused-ring (bicyclic) bond motifs is 1. The maximum Gasteiger partial charge on any atom is 0.341 e. The van der Waals surface area contributed by atoms with Gasteiger partial charge in [0.2, 0.25) is 0 Å². The summed E-state index contributed by atoms with van der Waals surface area (Å²) in [4.78, 5) is 27.2. The molecule has 1 aromatic carbocycles. The number of allylic oxidation sites excluding steroid dienone is 2. The Hall–Kier alpha value is -3.11. The van der Waals surface area contributed by atoms with E-state index in [4.69, 9.17) is 14.2 Å². The zero-order valence-corrected chi connectivity index (χ0v) is 16.6. The van der Waals surface area contributed by atoms with Crippen LogP contribution in [0, 0.1) is 11.3 Å². The number of hydrogen-bond donors (Lipinski definition) is 0. The Balaban J connectivity index is 2.16. The third kappa shape index (κ3) is 4.17. The summed E-state index contributed by atoms with van der Waals surface area (Å²) in [7, 11) is 0. The molecule has 0 aromatic heterocycles. The minimum Gasteiger partial charge on any atom is -0.462 e. The SMILES string of the molecule is CCOC(=O)C1=C/CC[C@@H]2OC[C@@H](c3ccccc3)N2/C(C#N)=C\1C(=O)OCC. The largest absolute Gasteiger partial charge is 0.462 e. The minimum absolute atomic E-state index is 0.0658. The van der Waals surface area contributed by atoms with Crippen LogP contribution in [0.3, 0.4) is 0 Å². The van der Waals surface area contributed by atoms with E-state index < -0.39 is 11.9 Å². The number of nitriles is 1. The number of rotatable bonds is 5. The minimum atomic E-state index is -0.720. The lowest BCUT2D eigenvalue weighted by molar-refractivity contribution is -0.142. The Morgan fingerprint density at radius 2 is 1.86 bits per heavy atom. The lowest BCUT2D eigenvalue weighted by Gasteiger charge is -2.32. The highest BCUT2D eigenvalue weighted by atomic mass is 16.5. The Labute approximate surface area is 170 Å². The van der Waals surface area contributed by atoms with E-state index in [1.54, 1.807) is 24.8 Å². The third-order valence-electron chi connectivity index (χ3n) is 4.88. The molecule has 152 valence electrons. The van der Waals surface area contributed by atoms with Crippen LogP contribution in [-0.4, -0.2) is 42.9 Å². The molecule has 2 heterocycles. The van der Waals surface area contributed by atoms with Crippen LogP contribution in [0.25, 0.3) is 0 Å². The van der Waals surface area contributed by atoms with Crippen molar-refractivity contribution in [2.75, 3.05) is 19.8 Å². The van der Waals surface area contributed by atoms with Gasteiger partial charge < -0.3 is 19.1 Å². The van der Waals surface area contributed by atoms with Gasteiger partial charge in [-0.05, 0) is 32.3 Å². The summed E-state index contributed by atoms with van der Waals surface area (Å²) in [6.45, 7) is 4.03. The number of esters is 2. The molecule has 0 N–H and O–H groups in total. The van der Waals surface area contributed by atoms with Gasteiger partial charge in [-0.2, -0.15) is 5.26 Å². The summed E-state index contributed by atoms with van der Waals surface area (Å²) < 4.78 is 16.3. The molecule has 2 atom stereocenters. The van der Waals surface area contributed by atoms with E-state index in [1.807, 2.05) is 30.3 Å². The van der Waals surface area contributed by atoms with Crippen molar-refractivity contribution in [3.63, 3.8) is 0 Å². The van der Waals surface area contributed by atoms with Crippen LogP contribution in [-0.2, 0) is 23.8 Å². The van der Waals surface area contributed by atoms with Crippen LogP contribution in [0.2, 0.25) is 0 Å². The van der Waals surface area contributed by atoms with Gasteiger partial charge in [-0.1, -0.05) is 36.4 Å². The molecule has 0 radical (unpaired) electrons. The van der Waals surface area contributed by atoms with Crippen molar-refractivity contribution < 1.29 is 23.8 Å². The van der Waals surface area contributed by atoms with Gasteiger partial charge in [0.05, 0.1) is 31.4 Å². The van der Waals surface area contributed by atoms with Crippen LogP contribution in [0.1, 0.15) is 38.3 Å². The second-order valence-corrected chi connectivity index (χ2v) is 6.59. The number of carbonyl (C=O) groups excluding carboxylic acids is 2. The molecule has 1 fully saturated rings. The predicted octanol–water partition coefficient (Wildman–Crippen LogP) is 3.01. The zero-order chi connectivity index (χ0) is 20.8. The molecule has 1 saturated heterocycles. The molecule has 1 aromatic rings. The van der Waals surface area contributed by atoms with E-state index in [9.17, 15) is 14.9 Å². The lowest BCUT2D eigenvalue weighted by Crippen LogP contribution is -2.35. The first-order chi connectivity index (χ1) is 14.1. The average molecular weight is 396 g/mol. The van der Waals surface area contributed by atoms with Gasteiger partial charge in [0.25, 0.3) is 0 Å². The van der Waals surface area contributed by atoms with Crippen LogP contribution < -0.4 is 0 Å². The predicted molar refractivity (Wildman–Crippen MR) is 104 cm³/mol. The summed E-state index contributed by atoms with van der Waals surface area (Å²) in [6, 6.07) is 11.5. The molecule has 7 nitrogen and oxygen atoms in total. The second kappa shape index (κ2) is 9.39. The molecule has 0 aliphatic carbocycles. The third-order valence-corrected chi connectivity index (χ3v) is 4.88. The Morgan fingerprint density at radius 1 is 1.17 bits per heavy atom. The second-order valence-electron chi connectivity index (χ2n) is 6.59. The molecule has 3 rings (SSSR count).